The molecule has 11 nitrogen and oxygen atoms in total. The highest BCUT2D eigenvalue weighted by Crippen LogP contribution is 2.43. The Morgan fingerprint density at radius 2 is 1.12 bits per heavy atom. The van der Waals surface area contributed by atoms with Gasteiger partial charge >= 0.3 is 19.8 Å². The van der Waals surface area contributed by atoms with Gasteiger partial charge in [0.05, 0.1) is 25.9 Å². The van der Waals surface area contributed by atoms with Crippen LogP contribution in [-0.2, 0) is 32.7 Å². The number of carbonyl (C=O) groups excluding carboxylic acids is 2. The second-order valence-electron chi connectivity index (χ2n) is 13.1. The van der Waals surface area contributed by atoms with Gasteiger partial charge in [0, 0.05) is 12.8 Å². The van der Waals surface area contributed by atoms with E-state index in [1.54, 1.807) is 12.2 Å². The SMILES string of the molecule is CC/C=C\C/C=C\C/C=C\C/C=C\C=C\C(O)CCCC(=O)OC[C@H](COP(=O)(O)OC[C@@H](O)CO)OC(=O)CCCCCCC/C=C\C/C=C\C/C=C\CC. The normalized spacial score (nSPS) is 15.5. The van der Waals surface area contributed by atoms with E-state index >= 15 is 0 Å². The zero-order chi connectivity index (χ0) is 41.4. The summed E-state index contributed by atoms with van der Waals surface area (Å²) in [4.78, 5) is 34.9. The highest BCUT2D eigenvalue weighted by atomic mass is 31.2. The van der Waals surface area contributed by atoms with Crippen LogP contribution in [0.2, 0.25) is 0 Å². The van der Waals surface area contributed by atoms with Crippen molar-refractivity contribution in [1.82, 2.24) is 0 Å². The van der Waals surface area contributed by atoms with Gasteiger partial charge < -0.3 is 29.7 Å². The second kappa shape index (κ2) is 38.7. The minimum absolute atomic E-state index is 0.000821. The Kier molecular flexibility index (Phi) is 36.5. The molecule has 0 aliphatic rings. The maximum absolute atomic E-state index is 12.6. The average molecular weight is 807 g/mol. The van der Waals surface area contributed by atoms with Crippen LogP contribution >= 0.6 is 7.82 Å². The lowest BCUT2D eigenvalue weighted by Crippen LogP contribution is -2.30. The molecule has 4 N–H and O–H groups in total. The Hall–Kier alpha value is -3.15. The molecule has 318 valence electrons. The van der Waals surface area contributed by atoms with Crippen molar-refractivity contribution in [1.29, 1.82) is 0 Å². The van der Waals surface area contributed by atoms with E-state index in [9.17, 15) is 29.3 Å². The Morgan fingerprint density at radius 1 is 0.607 bits per heavy atom. The molecule has 0 fully saturated rings. The number of hydrogen-bond donors (Lipinski definition) is 4. The molecule has 0 aliphatic heterocycles. The fraction of sp³-hybridized carbons (Fsp3) is 0.591. The molecule has 56 heavy (non-hydrogen) atoms. The number of unbranched alkanes of at least 4 members (excludes halogenated alkanes) is 5. The number of phosphoric ester groups is 1. The summed E-state index contributed by atoms with van der Waals surface area (Å²) in [5, 5.41) is 28.5. The molecule has 0 amide bonds. The predicted molar refractivity (Wildman–Crippen MR) is 225 cm³/mol. The zero-order valence-electron chi connectivity index (χ0n) is 33.9. The van der Waals surface area contributed by atoms with Crippen LogP contribution in [0.3, 0.4) is 0 Å². The van der Waals surface area contributed by atoms with Gasteiger partial charge in [0.25, 0.3) is 0 Å². The predicted octanol–water partition coefficient (Wildman–Crippen LogP) is 9.41. The Bertz CT molecular complexity index is 1270. The van der Waals surface area contributed by atoms with Gasteiger partial charge in [-0.25, -0.2) is 4.57 Å². The van der Waals surface area contributed by atoms with Crippen LogP contribution in [-0.4, -0.2) is 76.9 Å². The number of ether oxygens (including phenoxy) is 2. The highest BCUT2D eigenvalue weighted by molar-refractivity contribution is 7.47. The number of aliphatic hydroxyl groups is 3. The minimum Gasteiger partial charge on any atom is -0.462 e. The Morgan fingerprint density at radius 3 is 1.73 bits per heavy atom. The number of carbonyl (C=O) groups is 2. The molecule has 0 aromatic rings. The van der Waals surface area contributed by atoms with Gasteiger partial charge in [0.15, 0.2) is 6.10 Å². The second-order valence-corrected chi connectivity index (χ2v) is 14.5. The molecule has 0 spiro atoms. The topological polar surface area (TPSA) is 169 Å². The smallest absolute Gasteiger partial charge is 0.462 e. The quantitative estimate of drug-likeness (QED) is 0.0156. The Labute approximate surface area is 336 Å². The van der Waals surface area contributed by atoms with Crippen LogP contribution in [0.5, 0.6) is 0 Å². The summed E-state index contributed by atoms with van der Waals surface area (Å²) in [6, 6.07) is 0. The molecule has 12 heteroatoms. The van der Waals surface area contributed by atoms with E-state index in [0.29, 0.717) is 19.3 Å². The van der Waals surface area contributed by atoms with Crippen LogP contribution < -0.4 is 0 Å². The van der Waals surface area contributed by atoms with Gasteiger partial charge in [-0.2, -0.15) is 0 Å². The van der Waals surface area contributed by atoms with Gasteiger partial charge in [-0.1, -0.05) is 130 Å². The van der Waals surface area contributed by atoms with Crippen molar-refractivity contribution in [2.24, 2.45) is 0 Å². The fourth-order valence-corrected chi connectivity index (χ4v) is 5.53. The molecule has 0 aliphatic carbocycles. The number of phosphoric acid groups is 1. The van der Waals surface area contributed by atoms with Gasteiger partial charge in [-0.15, -0.1) is 0 Å². The molecular weight excluding hydrogens is 735 g/mol. The van der Waals surface area contributed by atoms with E-state index in [-0.39, 0.29) is 12.8 Å². The van der Waals surface area contributed by atoms with Gasteiger partial charge in [-0.3, -0.25) is 18.6 Å². The van der Waals surface area contributed by atoms with E-state index in [1.807, 2.05) is 12.2 Å². The molecule has 0 heterocycles. The number of rotatable bonds is 36. The molecular formula is C44H71O11P. The number of esters is 2. The van der Waals surface area contributed by atoms with Crippen molar-refractivity contribution in [2.45, 2.75) is 141 Å². The molecule has 0 aromatic carbocycles. The van der Waals surface area contributed by atoms with E-state index in [2.05, 4.69) is 91.3 Å². The molecule has 0 bridgehead atoms. The molecule has 0 radical (unpaired) electrons. The van der Waals surface area contributed by atoms with Crippen molar-refractivity contribution < 1.29 is 52.9 Å². The van der Waals surface area contributed by atoms with Crippen molar-refractivity contribution in [3.63, 3.8) is 0 Å². The first kappa shape index (κ1) is 52.9. The summed E-state index contributed by atoms with van der Waals surface area (Å²) in [5.41, 5.74) is 0. The number of hydrogen-bond acceptors (Lipinski definition) is 10. The lowest BCUT2D eigenvalue weighted by atomic mass is 10.1. The van der Waals surface area contributed by atoms with Gasteiger partial charge in [-0.05, 0) is 77.0 Å². The third-order valence-electron chi connectivity index (χ3n) is 7.84. The van der Waals surface area contributed by atoms with Crippen LogP contribution in [0.25, 0.3) is 0 Å². The summed E-state index contributed by atoms with van der Waals surface area (Å²) in [5.74, 6) is -1.16. The first-order valence-electron chi connectivity index (χ1n) is 20.3. The van der Waals surface area contributed by atoms with Crippen LogP contribution in [0.15, 0.2) is 97.2 Å². The molecule has 2 unspecified atom stereocenters. The summed E-state index contributed by atoms with van der Waals surface area (Å²) in [7, 11) is -4.67. The lowest BCUT2D eigenvalue weighted by Gasteiger charge is -2.20. The van der Waals surface area contributed by atoms with E-state index in [0.717, 1.165) is 77.0 Å². The fourth-order valence-electron chi connectivity index (χ4n) is 4.74. The van der Waals surface area contributed by atoms with Crippen LogP contribution in [0.4, 0.5) is 0 Å². The van der Waals surface area contributed by atoms with Crippen molar-refractivity contribution in [3.8, 4) is 0 Å². The van der Waals surface area contributed by atoms with E-state index < -0.39 is 64.5 Å². The molecule has 0 aromatic heterocycles. The maximum Gasteiger partial charge on any atom is 0.472 e. The zero-order valence-corrected chi connectivity index (χ0v) is 34.8. The summed E-state index contributed by atoms with van der Waals surface area (Å²) >= 11 is 0. The molecule has 4 atom stereocenters. The summed E-state index contributed by atoms with van der Waals surface area (Å²) < 4.78 is 32.5. The van der Waals surface area contributed by atoms with E-state index in [4.69, 9.17) is 19.1 Å². The van der Waals surface area contributed by atoms with Crippen molar-refractivity contribution in [3.05, 3.63) is 97.2 Å². The van der Waals surface area contributed by atoms with Crippen LogP contribution in [0.1, 0.15) is 123 Å². The maximum atomic E-state index is 12.6. The van der Waals surface area contributed by atoms with Gasteiger partial charge in [0.1, 0.15) is 12.7 Å². The number of aliphatic hydroxyl groups excluding tert-OH is 3. The molecule has 0 saturated carbocycles. The van der Waals surface area contributed by atoms with Crippen molar-refractivity contribution in [2.75, 3.05) is 26.4 Å². The standard InChI is InChI=1S/C44H71O11P/c1-3-5-7-9-11-13-15-17-18-20-22-24-26-28-30-34-44(49)55-42(39-54-56(50,51)53-37-41(47)36-45)38-52-43(48)35-31-33-40(46)32-29-27-25-23-21-19-16-14-12-10-8-6-4-2/h5-8,11-14,17-19,21,25,27,29,32,40-42,45-47H,3-4,9-10,15-16,20,22-24,26,28,30-31,33-39H2,1-2H3,(H,50,51)/b7-5-,8-6-,13-11-,14-12-,18-17-,21-19-,27-25-,32-29+/t40?,41-,42+/m0/s1. The minimum atomic E-state index is -4.67. The Balaban J connectivity index is 4.58. The van der Waals surface area contributed by atoms with E-state index in [1.165, 1.54) is 0 Å². The average Bonchev–Trinajstić information content (AvgIpc) is 3.18. The first-order chi connectivity index (χ1) is 27.1. The van der Waals surface area contributed by atoms with Crippen molar-refractivity contribution >= 4 is 19.8 Å². The monoisotopic (exact) mass is 806 g/mol. The molecule has 0 saturated heterocycles. The van der Waals surface area contributed by atoms with Gasteiger partial charge in [0.2, 0.25) is 0 Å². The number of allylic oxidation sites excluding steroid dienone is 15. The third-order valence-corrected chi connectivity index (χ3v) is 8.79. The first-order valence-corrected chi connectivity index (χ1v) is 21.8. The van der Waals surface area contributed by atoms with Crippen LogP contribution in [0, 0.1) is 0 Å². The highest BCUT2D eigenvalue weighted by Gasteiger charge is 2.27. The summed E-state index contributed by atoms with van der Waals surface area (Å²) in [6.07, 6.45) is 42.6. The lowest BCUT2D eigenvalue weighted by molar-refractivity contribution is -0.161. The summed E-state index contributed by atoms with van der Waals surface area (Å²) in [6.45, 7) is 1.87. The third kappa shape index (κ3) is 37.8. The largest absolute Gasteiger partial charge is 0.472 e. The molecule has 0 rings (SSSR count).